The molecular formula is C26H29N9O. The number of pyridine rings is 1. The van der Waals surface area contributed by atoms with Crippen LogP contribution in [0.25, 0.3) is 11.0 Å². The van der Waals surface area contributed by atoms with E-state index in [4.69, 9.17) is 15.3 Å². The number of nitrogens with zero attached hydrogens (tertiary/aromatic N) is 5. The summed E-state index contributed by atoms with van der Waals surface area (Å²) in [4.78, 5) is 16.2. The van der Waals surface area contributed by atoms with Crippen LogP contribution in [0, 0.1) is 19.4 Å². The Balaban J connectivity index is 1.40. The van der Waals surface area contributed by atoms with Crippen LogP contribution in [0.5, 0.6) is 11.5 Å². The number of rotatable bonds is 7. The molecule has 1 aliphatic heterocycles. The van der Waals surface area contributed by atoms with Crippen LogP contribution in [0.1, 0.15) is 11.1 Å². The number of hydrogen-bond donors (Lipinski definition) is 4. The summed E-state index contributed by atoms with van der Waals surface area (Å²) in [6.45, 7) is 7.80. The second-order valence-corrected chi connectivity index (χ2v) is 8.70. The number of ether oxygens (including phenoxy) is 1. The SMILES string of the molecule is CNc1ccc(Oc2ccc(Nc3ncnc4cc(C)c(N5CCNCC5)nc34)cc2C)cc1N=N. The van der Waals surface area contributed by atoms with Crippen LogP contribution in [0.2, 0.25) is 0 Å². The molecule has 0 spiro atoms. The fourth-order valence-corrected chi connectivity index (χ4v) is 4.34. The molecule has 4 aromatic rings. The summed E-state index contributed by atoms with van der Waals surface area (Å²) in [5.41, 5.74) is 13.2. The highest BCUT2D eigenvalue weighted by Crippen LogP contribution is 2.34. The Labute approximate surface area is 209 Å². The number of benzene rings is 2. The molecule has 0 atom stereocenters. The Morgan fingerprint density at radius 3 is 2.61 bits per heavy atom. The van der Waals surface area contributed by atoms with E-state index in [9.17, 15) is 0 Å². The van der Waals surface area contributed by atoms with Gasteiger partial charge in [-0.2, -0.15) is 5.11 Å². The Kier molecular flexibility index (Phi) is 6.59. The quantitative estimate of drug-likeness (QED) is 0.261. The van der Waals surface area contributed by atoms with Gasteiger partial charge in [0.05, 0.1) is 11.2 Å². The maximum absolute atomic E-state index is 7.38. The molecule has 0 amide bonds. The molecular weight excluding hydrogens is 454 g/mol. The zero-order valence-electron chi connectivity index (χ0n) is 20.6. The molecule has 10 nitrogen and oxygen atoms in total. The lowest BCUT2D eigenvalue weighted by Crippen LogP contribution is -2.44. The number of anilines is 4. The van der Waals surface area contributed by atoms with Gasteiger partial charge < -0.3 is 25.6 Å². The molecule has 3 heterocycles. The molecule has 0 saturated carbocycles. The monoisotopic (exact) mass is 483 g/mol. The summed E-state index contributed by atoms with van der Waals surface area (Å²) >= 11 is 0. The van der Waals surface area contributed by atoms with Crippen molar-refractivity contribution < 1.29 is 4.74 Å². The van der Waals surface area contributed by atoms with Gasteiger partial charge in [0.1, 0.15) is 34.8 Å². The molecule has 184 valence electrons. The fourth-order valence-electron chi connectivity index (χ4n) is 4.34. The summed E-state index contributed by atoms with van der Waals surface area (Å²) in [6.07, 6.45) is 1.56. The van der Waals surface area contributed by atoms with Crippen molar-refractivity contribution in [1.29, 1.82) is 5.53 Å². The number of aromatic nitrogens is 3. The molecule has 10 heteroatoms. The minimum absolute atomic E-state index is 0.518. The van der Waals surface area contributed by atoms with Gasteiger partial charge in [-0.3, -0.25) is 0 Å². The van der Waals surface area contributed by atoms with Gasteiger partial charge in [-0.1, -0.05) is 0 Å². The predicted molar refractivity (Wildman–Crippen MR) is 142 cm³/mol. The second kappa shape index (κ2) is 10.1. The number of aryl methyl sites for hydroxylation is 2. The topological polar surface area (TPSA) is 123 Å². The van der Waals surface area contributed by atoms with E-state index in [1.807, 2.05) is 37.3 Å². The van der Waals surface area contributed by atoms with Crippen LogP contribution in [-0.4, -0.2) is 48.2 Å². The Hall–Kier alpha value is -4.31. The lowest BCUT2D eigenvalue weighted by atomic mass is 10.2. The zero-order valence-corrected chi connectivity index (χ0v) is 20.6. The van der Waals surface area contributed by atoms with E-state index in [1.165, 1.54) is 0 Å². The van der Waals surface area contributed by atoms with Crippen molar-refractivity contribution in [2.75, 3.05) is 48.8 Å². The van der Waals surface area contributed by atoms with E-state index < -0.39 is 0 Å². The molecule has 0 unspecified atom stereocenters. The minimum Gasteiger partial charge on any atom is -0.457 e. The van der Waals surface area contributed by atoms with Gasteiger partial charge in [-0.15, -0.1) is 0 Å². The van der Waals surface area contributed by atoms with E-state index >= 15 is 0 Å². The molecule has 0 bridgehead atoms. The van der Waals surface area contributed by atoms with Gasteiger partial charge in [0.25, 0.3) is 0 Å². The molecule has 4 N–H and O–H groups in total. The molecule has 1 fully saturated rings. The maximum Gasteiger partial charge on any atom is 0.160 e. The van der Waals surface area contributed by atoms with Crippen LogP contribution in [0.15, 0.2) is 53.9 Å². The van der Waals surface area contributed by atoms with Crippen LogP contribution in [-0.2, 0) is 0 Å². The smallest absolute Gasteiger partial charge is 0.160 e. The van der Waals surface area contributed by atoms with Gasteiger partial charge in [-0.25, -0.2) is 20.5 Å². The first-order valence-corrected chi connectivity index (χ1v) is 11.9. The van der Waals surface area contributed by atoms with Crippen molar-refractivity contribution in [3.05, 3.63) is 59.9 Å². The third kappa shape index (κ3) is 4.76. The van der Waals surface area contributed by atoms with Crippen molar-refractivity contribution in [2.45, 2.75) is 13.8 Å². The van der Waals surface area contributed by atoms with Crippen LogP contribution < -0.4 is 25.6 Å². The highest BCUT2D eigenvalue weighted by atomic mass is 16.5. The molecule has 2 aromatic heterocycles. The van der Waals surface area contributed by atoms with Crippen LogP contribution in [0.3, 0.4) is 0 Å². The van der Waals surface area contributed by atoms with Crippen molar-refractivity contribution >= 4 is 39.7 Å². The lowest BCUT2D eigenvalue weighted by molar-refractivity contribution is 0.479. The molecule has 5 rings (SSSR count). The summed E-state index contributed by atoms with van der Waals surface area (Å²) in [5.74, 6) is 2.97. The van der Waals surface area contributed by atoms with Crippen molar-refractivity contribution in [3.8, 4) is 11.5 Å². The first kappa shape index (κ1) is 23.4. The van der Waals surface area contributed by atoms with Gasteiger partial charge in [0.2, 0.25) is 0 Å². The van der Waals surface area contributed by atoms with E-state index in [0.717, 1.165) is 71.3 Å². The lowest BCUT2D eigenvalue weighted by Gasteiger charge is -2.29. The molecule has 1 saturated heterocycles. The largest absolute Gasteiger partial charge is 0.457 e. The molecule has 0 aliphatic carbocycles. The highest BCUT2D eigenvalue weighted by Gasteiger charge is 2.17. The molecule has 1 aliphatic rings. The first-order chi connectivity index (χ1) is 17.6. The van der Waals surface area contributed by atoms with E-state index in [-0.39, 0.29) is 0 Å². The van der Waals surface area contributed by atoms with Crippen LogP contribution >= 0.6 is 0 Å². The Bertz CT molecular complexity index is 1420. The van der Waals surface area contributed by atoms with Gasteiger partial charge in [0.15, 0.2) is 5.82 Å². The second-order valence-electron chi connectivity index (χ2n) is 8.70. The maximum atomic E-state index is 7.38. The highest BCUT2D eigenvalue weighted by molar-refractivity contribution is 5.89. The molecule has 2 aromatic carbocycles. The summed E-state index contributed by atoms with van der Waals surface area (Å²) in [7, 11) is 1.80. The first-order valence-electron chi connectivity index (χ1n) is 11.9. The van der Waals surface area contributed by atoms with Crippen molar-refractivity contribution in [2.24, 2.45) is 5.11 Å². The van der Waals surface area contributed by atoms with Crippen molar-refractivity contribution in [1.82, 2.24) is 20.3 Å². The number of nitrogens with one attached hydrogen (secondary N) is 4. The zero-order chi connectivity index (χ0) is 25.1. The third-order valence-electron chi connectivity index (χ3n) is 6.22. The van der Waals surface area contributed by atoms with Crippen molar-refractivity contribution in [3.63, 3.8) is 0 Å². The summed E-state index contributed by atoms with van der Waals surface area (Å²) in [5, 5.41) is 13.4. The number of fused-ring (bicyclic) bond motifs is 1. The fraction of sp³-hybridized carbons (Fsp3) is 0.269. The number of hydrogen-bond acceptors (Lipinski definition) is 10. The minimum atomic E-state index is 0.518. The number of piperazine rings is 1. The Morgan fingerprint density at radius 1 is 1.03 bits per heavy atom. The summed E-state index contributed by atoms with van der Waals surface area (Å²) in [6, 6.07) is 13.4. The van der Waals surface area contributed by atoms with E-state index in [2.05, 4.69) is 48.9 Å². The van der Waals surface area contributed by atoms with Gasteiger partial charge >= 0.3 is 0 Å². The summed E-state index contributed by atoms with van der Waals surface area (Å²) < 4.78 is 6.08. The Morgan fingerprint density at radius 2 is 1.86 bits per heavy atom. The predicted octanol–water partition coefficient (Wildman–Crippen LogP) is 5.29. The van der Waals surface area contributed by atoms with Gasteiger partial charge in [0, 0.05) is 45.0 Å². The standard InChI is InChI=1S/C26H29N9O/c1-16-12-18(4-7-23(16)36-19-5-6-20(28-3)21(14-19)34-27)32-25-24-22(30-15-31-25)13-17(2)26(33-24)35-10-8-29-9-11-35/h4-7,12-15,27-29H,8-11H2,1-3H3,(H,30,31,32). The third-order valence-corrected chi connectivity index (χ3v) is 6.22. The average molecular weight is 484 g/mol. The average Bonchev–Trinajstić information content (AvgIpc) is 2.90. The van der Waals surface area contributed by atoms with Gasteiger partial charge in [-0.05, 0) is 61.4 Å². The molecule has 0 radical (unpaired) electrons. The van der Waals surface area contributed by atoms with Crippen LogP contribution in [0.4, 0.5) is 28.7 Å². The molecule has 36 heavy (non-hydrogen) atoms. The van der Waals surface area contributed by atoms with E-state index in [0.29, 0.717) is 17.3 Å². The normalized spacial score (nSPS) is 13.5. The van der Waals surface area contributed by atoms with E-state index in [1.54, 1.807) is 19.4 Å².